The number of benzene rings is 2. The lowest BCUT2D eigenvalue weighted by Gasteiger charge is -2.16. The number of amides is 1. The number of rotatable bonds is 3. The Morgan fingerprint density at radius 1 is 1.17 bits per heavy atom. The fourth-order valence-corrected chi connectivity index (χ4v) is 2.75. The van der Waals surface area contributed by atoms with Crippen molar-refractivity contribution in [3.63, 3.8) is 0 Å². The van der Waals surface area contributed by atoms with Crippen molar-refractivity contribution < 1.29 is 14.7 Å². The second-order valence-corrected chi connectivity index (χ2v) is 5.73. The average molecular weight is 338 g/mol. The maximum atomic E-state index is 12.7. The van der Waals surface area contributed by atoms with Gasteiger partial charge in [0.2, 0.25) is 0 Å². The van der Waals surface area contributed by atoms with Gasteiger partial charge in [0, 0.05) is 0 Å². The molecule has 0 aromatic heterocycles. The summed E-state index contributed by atoms with van der Waals surface area (Å²) in [7, 11) is 0. The van der Waals surface area contributed by atoms with E-state index in [4.69, 9.17) is 17.3 Å². The predicted molar refractivity (Wildman–Crippen MR) is 95.8 cm³/mol. The first-order chi connectivity index (χ1) is 11.5. The van der Waals surface area contributed by atoms with Crippen LogP contribution in [0.25, 0.3) is 6.08 Å². The van der Waals surface area contributed by atoms with Crippen LogP contribution in [-0.2, 0) is 4.79 Å². The molecule has 2 aromatic carbocycles. The molecule has 0 atom stereocenters. The van der Waals surface area contributed by atoms with Crippen LogP contribution in [0.15, 0.2) is 54.2 Å². The van der Waals surface area contributed by atoms with Gasteiger partial charge in [0.15, 0.2) is 5.11 Å². The monoisotopic (exact) mass is 338 g/mol. The highest BCUT2D eigenvalue weighted by Gasteiger charge is 2.32. The Morgan fingerprint density at radius 2 is 1.83 bits per heavy atom. The number of carboxylic acid groups (broad SMARTS) is 1. The van der Waals surface area contributed by atoms with Gasteiger partial charge in [-0.1, -0.05) is 30.3 Å². The molecule has 0 spiro atoms. The highest BCUT2D eigenvalue weighted by molar-refractivity contribution is 7.80. The number of thiocarbonyl (C=S) groups is 1. The van der Waals surface area contributed by atoms with E-state index in [9.17, 15) is 9.59 Å². The van der Waals surface area contributed by atoms with Crippen LogP contribution < -0.4 is 10.2 Å². The van der Waals surface area contributed by atoms with Gasteiger partial charge in [0.25, 0.3) is 5.91 Å². The van der Waals surface area contributed by atoms with E-state index in [0.717, 1.165) is 11.3 Å². The van der Waals surface area contributed by atoms with E-state index in [1.807, 2.05) is 31.2 Å². The number of hydrogen-bond donors (Lipinski definition) is 2. The van der Waals surface area contributed by atoms with Crippen LogP contribution in [0.5, 0.6) is 0 Å². The summed E-state index contributed by atoms with van der Waals surface area (Å²) in [5, 5.41) is 12.2. The van der Waals surface area contributed by atoms with Crippen LogP contribution in [0.3, 0.4) is 0 Å². The van der Waals surface area contributed by atoms with Gasteiger partial charge in [-0.25, -0.2) is 4.79 Å². The number of nitrogens with zero attached hydrogens (tertiary/aromatic N) is 1. The zero-order valence-corrected chi connectivity index (χ0v) is 13.6. The molecule has 2 aromatic rings. The molecule has 3 rings (SSSR count). The highest BCUT2D eigenvalue weighted by Crippen LogP contribution is 2.25. The standard InChI is InChI=1S/C18H14N2O3S/c1-11-4-2-3-5-15(11)20-16(21)14(19-18(20)24)10-12-6-8-13(9-7-12)17(22)23/h2-10H,1H3,(H,19,24)(H,22,23)/b14-10+. The summed E-state index contributed by atoms with van der Waals surface area (Å²) in [5.74, 6) is -1.23. The summed E-state index contributed by atoms with van der Waals surface area (Å²) < 4.78 is 0. The lowest BCUT2D eigenvalue weighted by Crippen LogP contribution is -2.30. The normalized spacial score (nSPS) is 15.7. The second kappa shape index (κ2) is 6.25. The third kappa shape index (κ3) is 2.91. The largest absolute Gasteiger partial charge is 0.478 e. The van der Waals surface area contributed by atoms with Crippen LogP contribution in [0.1, 0.15) is 21.5 Å². The highest BCUT2D eigenvalue weighted by atomic mass is 32.1. The SMILES string of the molecule is Cc1ccccc1N1C(=O)/C(=C\c2ccc(C(=O)O)cc2)NC1=S. The molecule has 5 nitrogen and oxygen atoms in total. The third-order valence-electron chi connectivity index (χ3n) is 3.70. The lowest BCUT2D eigenvalue weighted by molar-refractivity contribution is -0.113. The smallest absolute Gasteiger partial charge is 0.335 e. The second-order valence-electron chi connectivity index (χ2n) is 5.34. The Bertz CT molecular complexity index is 872. The maximum Gasteiger partial charge on any atom is 0.335 e. The first-order valence-corrected chi connectivity index (χ1v) is 7.64. The van der Waals surface area contributed by atoms with Crippen molar-refractivity contribution in [2.75, 3.05) is 4.90 Å². The summed E-state index contributed by atoms with van der Waals surface area (Å²) in [6, 6.07) is 13.8. The third-order valence-corrected chi connectivity index (χ3v) is 3.99. The van der Waals surface area contributed by atoms with E-state index in [0.29, 0.717) is 16.4 Å². The fraction of sp³-hybridized carbons (Fsp3) is 0.0556. The van der Waals surface area contributed by atoms with Crippen molar-refractivity contribution in [1.29, 1.82) is 0 Å². The Balaban J connectivity index is 1.91. The minimum absolute atomic E-state index is 0.194. The van der Waals surface area contributed by atoms with Gasteiger partial charge in [-0.2, -0.15) is 0 Å². The number of anilines is 1. The van der Waals surface area contributed by atoms with Gasteiger partial charge < -0.3 is 10.4 Å². The fourth-order valence-electron chi connectivity index (χ4n) is 2.46. The summed E-state index contributed by atoms with van der Waals surface area (Å²) in [4.78, 5) is 25.0. The molecule has 0 bridgehead atoms. The quantitative estimate of drug-likeness (QED) is 0.665. The van der Waals surface area contributed by atoms with Crippen molar-refractivity contribution in [2.45, 2.75) is 6.92 Å². The van der Waals surface area contributed by atoms with E-state index in [1.165, 1.54) is 17.0 Å². The number of aryl methyl sites for hydroxylation is 1. The Kier molecular flexibility index (Phi) is 4.14. The topological polar surface area (TPSA) is 69.6 Å². The minimum atomic E-state index is -0.990. The van der Waals surface area contributed by atoms with Crippen LogP contribution in [0.4, 0.5) is 5.69 Å². The molecule has 6 heteroatoms. The summed E-state index contributed by atoms with van der Waals surface area (Å²) in [5.41, 5.74) is 2.95. The van der Waals surface area contributed by atoms with Gasteiger partial charge in [0.1, 0.15) is 5.70 Å². The number of aromatic carboxylic acids is 1. The number of carbonyl (C=O) groups excluding carboxylic acids is 1. The van der Waals surface area contributed by atoms with Crippen molar-refractivity contribution in [2.24, 2.45) is 0 Å². The van der Waals surface area contributed by atoms with E-state index < -0.39 is 5.97 Å². The molecule has 1 aliphatic heterocycles. The zero-order valence-electron chi connectivity index (χ0n) is 12.8. The zero-order chi connectivity index (χ0) is 17.3. The van der Waals surface area contributed by atoms with Crippen molar-refractivity contribution in [1.82, 2.24) is 5.32 Å². The molecule has 1 saturated heterocycles. The molecule has 0 radical (unpaired) electrons. The van der Waals surface area contributed by atoms with E-state index in [1.54, 1.807) is 18.2 Å². The van der Waals surface area contributed by atoms with Crippen molar-refractivity contribution >= 4 is 41.0 Å². The molecule has 1 amide bonds. The Labute approximate surface area is 144 Å². The van der Waals surface area contributed by atoms with E-state index in [-0.39, 0.29) is 11.5 Å². The van der Waals surface area contributed by atoms with Crippen LogP contribution in [0.2, 0.25) is 0 Å². The molecule has 1 aliphatic rings. The Hall–Kier alpha value is -2.99. The number of hydrogen-bond acceptors (Lipinski definition) is 3. The first-order valence-electron chi connectivity index (χ1n) is 7.23. The molecule has 120 valence electrons. The van der Waals surface area contributed by atoms with Gasteiger partial charge in [-0.3, -0.25) is 9.69 Å². The summed E-state index contributed by atoms with van der Waals surface area (Å²) in [6.07, 6.45) is 1.65. The number of carbonyl (C=O) groups is 2. The maximum absolute atomic E-state index is 12.7. The molecular formula is C18H14N2O3S. The first kappa shape index (κ1) is 15.9. The van der Waals surface area contributed by atoms with E-state index >= 15 is 0 Å². The summed E-state index contributed by atoms with van der Waals surface area (Å²) in [6.45, 7) is 1.91. The molecular weight excluding hydrogens is 324 g/mol. The van der Waals surface area contributed by atoms with Crippen LogP contribution in [-0.4, -0.2) is 22.1 Å². The number of para-hydroxylation sites is 1. The van der Waals surface area contributed by atoms with Gasteiger partial charge in [-0.05, 0) is 54.5 Å². The van der Waals surface area contributed by atoms with E-state index in [2.05, 4.69) is 5.32 Å². The molecule has 1 fully saturated rings. The molecule has 0 unspecified atom stereocenters. The van der Waals surface area contributed by atoms with Gasteiger partial charge >= 0.3 is 5.97 Å². The van der Waals surface area contributed by atoms with Crippen molar-refractivity contribution in [3.05, 3.63) is 70.9 Å². The lowest BCUT2D eigenvalue weighted by atomic mass is 10.1. The molecule has 24 heavy (non-hydrogen) atoms. The predicted octanol–water partition coefficient (Wildman–Crippen LogP) is 2.96. The summed E-state index contributed by atoms with van der Waals surface area (Å²) >= 11 is 5.28. The number of nitrogens with one attached hydrogen (secondary N) is 1. The molecule has 0 aliphatic carbocycles. The molecule has 0 saturated carbocycles. The Morgan fingerprint density at radius 3 is 2.46 bits per heavy atom. The van der Waals surface area contributed by atoms with Gasteiger partial charge in [0.05, 0.1) is 11.3 Å². The average Bonchev–Trinajstić information content (AvgIpc) is 2.83. The number of carboxylic acids is 1. The minimum Gasteiger partial charge on any atom is -0.478 e. The molecule has 1 heterocycles. The molecule has 2 N–H and O–H groups in total. The van der Waals surface area contributed by atoms with Crippen LogP contribution >= 0.6 is 12.2 Å². The van der Waals surface area contributed by atoms with Crippen LogP contribution in [0, 0.1) is 6.92 Å². The van der Waals surface area contributed by atoms with Gasteiger partial charge in [-0.15, -0.1) is 0 Å². The van der Waals surface area contributed by atoms with Crippen molar-refractivity contribution in [3.8, 4) is 0 Å².